The van der Waals surface area contributed by atoms with Crippen molar-refractivity contribution < 1.29 is 23.1 Å². The van der Waals surface area contributed by atoms with E-state index < -0.39 is 18.1 Å². The van der Waals surface area contributed by atoms with Crippen LogP contribution in [0.25, 0.3) is 0 Å². The molecule has 1 fully saturated rings. The zero-order valence-corrected chi connectivity index (χ0v) is 6.77. The van der Waals surface area contributed by atoms with Crippen molar-refractivity contribution in [1.29, 1.82) is 0 Å². The third-order valence-corrected chi connectivity index (χ3v) is 2.04. The van der Waals surface area contributed by atoms with Crippen molar-refractivity contribution in [3.63, 3.8) is 0 Å². The lowest BCUT2D eigenvalue weighted by atomic mass is 10.1. The van der Waals surface area contributed by atoms with Gasteiger partial charge in [0.1, 0.15) is 0 Å². The Balaban J connectivity index is 2.60. The highest BCUT2D eigenvalue weighted by atomic mass is 19.4. The molecular formula is C8H9F3O2. The zero-order valence-electron chi connectivity index (χ0n) is 6.77. The molecular weight excluding hydrogens is 185 g/mol. The average molecular weight is 194 g/mol. The molecule has 5 heteroatoms. The Morgan fingerprint density at radius 1 is 1.54 bits per heavy atom. The maximum absolute atomic E-state index is 11.8. The molecule has 0 amide bonds. The second-order valence-corrected chi connectivity index (χ2v) is 3.12. The van der Waals surface area contributed by atoms with Crippen molar-refractivity contribution in [3.8, 4) is 0 Å². The van der Waals surface area contributed by atoms with E-state index in [2.05, 4.69) is 0 Å². The van der Waals surface area contributed by atoms with E-state index in [1.54, 1.807) is 0 Å². The highest BCUT2D eigenvalue weighted by molar-refractivity contribution is 5.71. The lowest BCUT2D eigenvalue weighted by Gasteiger charge is -2.01. The number of hydrogen-bond donors (Lipinski definition) is 1. The van der Waals surface area contributed by atoms with Gasteiger partial charge in [-0.3, -0.25) is 4.79 Å². The number of halogens is 3. The first-order valence-electron chi connectivity index (χ1n) is 3.88. The van der Waals surface area contributed by atoms with E-state index >= 15 is 0 Å². The van der Waals surface area contributed by atoms with Gasteiger partial charge in [0, 0.05) is 6.08 Å². The Morgan fingerprint density at radius 2 is 2.15 bits per heavy atom. The Bertz CT molecular complexity index is 242. The molecule has 0 aromatic heterocycles. The van der Waals surface area contributed by atoms with Crippen LogP contribution in [0.5, 0.6) is 0 Å². The van der Waals surface area contributed by atoms with Crippen LogP contribution < -0.4 is 0 Å². The summed E-state index contributed by atoms with van der Waals surface area (Å²) >= 11 is 0. The molecule has 0 aromatic rings. The molecule has 1 atom stereocenters. The number of carboxylic acid groups (broad SMARTS) is 1. The summed E-state index contributed by atoms with van der Waals surface area (Å²) in [7, 11) is 0. The second-order valence-electron chi connectivity index (χ2n) is 3.12. The molecule has 0 heterocycles. The van der Waals surface area contributed by atoms with Crippen molar-refractivity contribution in [2.24, 2.45) is 5.92 Å². The number of allylic oxidation sites excluding steroid dienone is 2. The van der Waals surface area contributed by atoms with E-state index in [0.29, 0.717) is 6.42 Å². The molecule has 1 aliphatic rings. The van der Waals surface area contributed by atoms with Gasteiger partial charge in [-0.25, -0.2) is 0 Å². The van der Waals surface area contributed by atoms with Crippen LogP contribution in [0.2, 0.25) is 0 Å². The Labute approximate surface area is 73.1 Å². The van der Waals surface area contributed by atoms with Crippen LogP contribution >= 0.6 is 0 Å². The van der Waals surface area contributed by atoms with Gasteiger partial charge in [-0.15, -0.1) is 0 Å². The molecule has 0 aliphatic heterocycles. The van der Waals surface area contributed by atoms with Crippen molar-refractivity contribution in [1.82, 2.24) is 0 Å². The fraction of sp³-hybridized carbons (Fsp3) is 0.625. The van der Waals surface area contributed by atoms with Gasteiger partial charge in [-0.05, 0) is 19.3 Å². The zero-order chi connectivity index (χ0) is 10.1. The van der Waals surface area contributed by atoms with E-state index in [1.807, 2.05) is 0 Å². The van der Waals surface area contributed by atoms with Gasteiger partial charge in [0.2, 0.25) is 0 Å². The normalized spacial score (nSPS) is 26.7. The van der Waals surface area contributed by atoms with Crippen molar-refractivity contribution in [3.05, 3.63) is 11.6 Å². The first-order valence-corrected chi connectivity index (χ1v) is 3.88. The number of alkyl halides is 3. The third-order valence-electron chi connectivity index (χ3n) is 2.04. The lowest BCUT2D eigenvalue weighted by molar-refractivity contribution is -0.141. The standard InChI is InChI=1S/C8H9F3O2/c9-8(10,11)4-5-1-2-6(3-5)7(12)13/h4,6H,1-3H2,(H,12,13)/b5-4+/t6-/m1/s1. The SMILES string of the molecule is O=C(O)[C@@H]1CC/C(=C\C(F)(F)F)C1. The van der Waals surface area contributed by atoms with Crippen molar-refractivity contribution in [2.75, 3.05) is 0 Å². The van der Waals surface area contributed by atoms with E-state index in [4.69, 9.17) is 5.11 Å². The molecule has 1 rings (SSSR count). The predicted molar refractivity (Wildman–Crippen MR) is 39.1 cm³/mol. The van der Waals surface area contributed by atoms with Crippen LogP contribution in [0.1, 0.15) is 19.3 Å². The van der Waals surface area contributed by atoms with E-state index in [1.165, 1.54) is 0 Å². The van der Waals surface area contributed by atoms with Gasteiger partial charge >= 0.3 is 12.1 Å². The van der Waals surface area contributed by atoms with Crippen molar-refractivity contribution >= 4 is 5.97 Å². The van der Waals surface area contributed by atoms with E-state index in [-0.39, 0.29) is 24.5 Å². The van der Waals surface area contributed by atoms with Crippen LogP contribution in [-0.2, 0) is 4.79 Å². The predicted octanol–water partition coefficient (Wildman–Crippen LogP) is 2.36. The molecule has 0 unspecified atom stereocenters. The largest absolute Gasteiger partial charge is 0.481 e. The molecule has 2 nitrogen and oxygen atoms in total. The van der Waals surface area contributed by atoms with Crippen LogP contribution in [0.3, 0.4) is 0 Å². The fourth-order valence-electron chi connectivity index (χ4n) is 1.45. The van der Waals surface area contributed by atoms with Crippen LogP contribution in [0.15, 0.2) is 11.6 Å². The van der Waals surface area contributed by atoms with Gasteiger partial charge in [0.15, 0.2) is 0 Å². The number of carbonyl (C=O) groups is 1. The van der Waals surface area contributed by atoms with E-state index in [9.17, 15) is 18.0 Å². The highest BCUT2D eigenvalue weighted by Crippen LogP contribution is 2.33. The minimum absolute atomic E-state index is 0.0366. The maximum atomic E-state index is 11.8. The third kappa shape index (κ3) is 3.08. The molecule has 0 saturated heterocycles. The minimum Gasteiger partial charge on any atom is -0.481 e. The first kappa shape index (κ1) is 10.1. The Hall–Kier alpha value is -1.00. The lowest BCUT2D eigenvalue weighted by Crippen LogP contribution is -2.08. The van der Waals surface area contributed by atoms with Crippen molar-refractivity contribution in [2.45, 2.75) is 25.4 Å². The summed E-state index contributed by atoms with van der Waals surface area (Å²) in [6, 6.07) is 0. The molecule has 1 saturated carbocycles. The van der Waals surface area contributed by atoms with Crippen LogP contribution in [0.4, 0.5) is 13.2 Å². The smallest absolute Gasteiger partial charge is 0.409 e. The fourth-order valence-corrected chi connectivity index (χ4v) is 1.45. The molecule has 74 valence electrons. The minimum atomic E-state index is -4.32. The van der Waals surface area contributed by atoms with Gasteiger partial charge in [-0.1, -0.05) is 5.57 Å². The molecule has 0 radical (unpaired) electrons. The number of aliphatic carboxylic acids is 1. The molecule has 0 aromatic carbocycles. The van der Waals surface area contributed by atoms with Gasteiger partial charge in [0.25, 0.3) is 0 Å². The van der Waals surface area contributed by atoms with Crippen LogP contribution in [0, 0.1) is 5.92 Å². The van der Waals surface area contributed by atoms with E-state index in [0.717, 1.165) is 0 Å². The summed E-state index contributed by atoms with van der Waals surface area (Å²) in [6.07, 6.45) is -3.50. The van der Waals surface area contributed by atoms with Crippen LogP contribution in [-0.4, -0.2) is 17.3 Å². The quantitative estimate of drug-likeness (QED) is 0.650. The summed E-state index contributed by atoms with van der Waals surface area (Å²) in [6.45, 7) is 0. The highest BCUT2D eigenvalue weighted by Gasteiger charge is 2.30. The van der Waals surface area contributed by atoms with Gasteiger partial charge in [-0.2, -0.15) is 13.2 Å². The first-order chi connectivity index (χ1) is 5.88. The van der Waals surface area contributed by atoms with Gasteiger partial charge < -0.3 is 5.11 Å². The number of hydrogen-bond acceptors (Lipinski definition) is 1. The second kappa shape index (κ2) is 3.40. The molecule has 1 aliphatic carbocycles. The Morgan fingerprint density at radius 3 is 2.54 bits per heavy atom. The summed E-state index contributed by atoms with van der Waals surface area (Å²) in [5, 5.41) is 8.52. The summed E-state index contributed by atoms with van der Waals surface area (Å²) in [5.74, 6) is -1.64. The Kier molecular flexibility index (Phi) is 2.63. The molecule has 0 bridgehead atoms. The molecule has 1 N–H and O–H groups in total. The molecule has 13 heavy (non-hydrogen) atoms. The number of rotatable bonds is 1. The van der Waals surface area contributed by atoms with Gasteiger partial charge in [0.05, 0.1) is 5.92 Å². The average Bonchev–Trinajstić information content (AvgIpc) is 2.31. The summed E-state index contributed by atoms with van der Waals surface area (Å²) in [4.78, 5) is 10.4. The summed E-state index contributed by atoms with van der Waals surface area (Å²) < 4.78 is 35.4. The number of carboxylic acids is 1. The maximum Gasteiger partial charge on any atom is 0.409 e. The monoisotopic (exact) mass is 194 g/mol. The topological polar surface area (TPSA) is 37.3 Å². The summed E-state index contributed by atoms with van der Waals surface area (Å²) in [5.41, 5.74) is 0.194. The molecule has 0 spiro atoms.